The lowest BCUT2D eigenvalue weighted by Gasteiger charge is -2.21. The van der Waals surface area contributed by atoms with Crippen molar-refractivity contribution in [1.82, 2.24) is 9.80 Å². The number of hydrogen-bond acceptors (Lipinski definition) is 6. The Hall–Kier alpha value is -1.48. The van der Waals surface area contributed by atoms with Crippen LogP contribution in [0.5, 0.6) is 0 Å². The largest absolute Gasteiger partial charge is 0.371 e. The first-order valence-corrected chi connectivity index (χ1v) is 16.4. The molecular formula is C32H54N2O6. The summed E-state index contributed by atoms with van der Waals surface area (Å²) in [6.45, 7) is 6.02. The number of nitrogens with zero attached hydrogens (tertiary/aromatic N) is 2. The maximum absolute atomic E-state index is 12.5. The lowest BCUT2D eigenvalue weighted by Crippen LogP contribution is -2.37. The molecule has 228 valence electrons. The fourth-order valence-electron chi connectivity index (χ4n) is 5.32. The number of amides is 2. The standard InChI is InChI=1S/C32H54N2O6/c35-31(33(19-27-23-37-27)20-28-24-38-28)17-15-13-11-9-7-5-3-1-2-4-6-8-10-12-14-16-18-32(36)34(21-29-25-39-29)22-30-26-40-30/h15,17,27-30H,1-14,16,18-26H2. The zero-order valence-corrected chi connectivity index (χ0v) is 24.8. The van der Waals surface area contributed by atoms with Crippen molar-refractivity contribution in [3.63, 3.8) is 0 Å². The third-order valence-electron chi connectivity index (χ3n) is 8.24. The molecule has 4 heterocycles. The fourth-order valence-corrected chi connectivity index (χ4v) is 5.32. The van der Waals surface area contributed by atoms with E-state index >= 15 is 0 Å². The van der Waals surface area contributed by atoms with Gasteiger partial charge in [-0.25, -0.2) is 0 Å². The molecule has 0 spiro atoms. The quantitative estimate of drug-likeness (QED) is 0.0834. The van der Waals surface area contributed by atoms with Gasteiger partial charge in [0.15, 0.2) is 0 Å². The Morgan fingerprint density at radius 1 is 0.525 bits per heavy atom. The lowest BCUT2D eigenvalue weighted by molar-refractivity contribution is -0.132. The molecule has 4 unspecified atom stereocenters. The van der Waals surface area contributed by atoms with Gasteiger partial charge in [0.1, 0.15) is 0 Å². The van der Waals surface area contributed by atoms with Crippen LogP contribution >= 0.6 is 0 Å². The number of carbonyl (C=O) groups is 2. The first-order chi connectivity index (χ1) is 19.7. The van der Waals surface area contributed by atoms with Crippen LogP contribution in [-0.4, -0.2) is 98.6 Å². The molecule has 0 saturated carbocycles. The average Bonchev–Trinajstić information content (AvgIpc) is 3.76. The molecule has 8 nitrogen and oxygen atoms in total. The van der Waals surface area contributed by atoms with Crippen LogP contribution in [0.2, 0.25) is 0 Å². The maximum Gasteiger partial charge on any atom is 0.246 e. The molecule has 4 atom stereocenters. The summed E-state index contributed by atoms with van der Waals surface area (Å²) in [7, 11) is 0. The summed E-state index contributed by atoms with van der Waals surface area (Å²) in [5.74, 6) is 0.372. The maximum atomic E-state index is 12.5. The van der Waals surface area contributed by atoms with Crippen LogP contribution in [0, 0.1) is 0 Å². The average molecular weight is 563 g/mol. The number of rotatable bonds is 26. The molecule has 4 aliphatic heterocycles. The van der Waals surface area contributed by atoms with E-state index in [2.05, 4.69) is 0 Å². The van der Waals surface area contributed by atoms with Crippen LogP contribution in [0.1, 0.15) is 103 Å². The monoisotopic (exact) mass is 562 g/mol. The molecule has 4 fully saturated rings. The Balaban J connectivity index is 0.861. The molecule has 0 aromatic rings. The molecule has 8 heteroatoms. The van der Waals surface area contributed by atoms with Crippen molar-refractivity contribution in [3.05, 3.63) is 12.2 Å². The Bertz CT molecular complexity index is 733. The molecule has 0 aliphatic carbocycles. The third kappa shape index (κ3) is 14.9. The molecule has 4 rings (SSSR count). The molecule has 2 amide bonds. The summed E-state index contributed by atoms with van der Waals surface area (Å²) in [5, 5.41) is 0. The van der Waals surface area contributed by atoms with Gasteiger partial charge in [-0.15, -0.1) is 0 Å². The molecule has 0 N–H and O–H groups in total. The Morgan fingerprint density at radius 3 is 1.27 bits per heavy atom. The van der Waals surface area contributed by atoms with Gasteiger partial charge in [-0.05, 0) is 25.3 Å². The minimum absolute atomic E-state index is 0.0971. The number of unbranched alkanes of at least 4 members (excludes halogenated alkanes) is 14. The van der Waals surface area contributed by atoms with Gasteiger partial charge in [0.25, 0.3) is 0 Å². The summed E-state index contributed by atoms with van der Waals surface area (Å²) >= 11 is 0. The van der Waals surface area contributed by atoms with Crippen molar-refractivity contribution in [2.45, 2.75) is 127 Å². The topological polar surface area (TPSA) is 90.7 Å². The Kier molecular flexibility index (Phi) is 14.3. The predicted molar refractivity (Wildman–Crippen MR) is 155 cm³/mol. The summed E-state index contributed by atoms with van der Waals surface area (Å²) in [4.78, 5) is 28.8. The summed E-state index contributed by atoms with van der Waals surface area (Å²) in [6.07, 6.45) is 24.3. The number of ether oxygens (including phenoxy) is 4. The molecule has 0 aromatic carbocycles. The highest BCUT2D eigenvalue weighted by molar-refractivity contribution is 5.87. The number of epoxide rings is 4. The van der Waals surface area contributed by atoms with E-state index in [0.29, 0.717) is 19.5 Å². The van der Waals surface area contributed by atoms with Crippen molar-refractivity contribution in [2.24, 2.45) is 0 Å². The number of allylic oxidation sites excluding steroid dienone is 1. The van der Waals surface area contributed by atoms with Crippen molar-refractivity contribution in [3.8, 4) is 0 Å². The van der Waals surface area contributed by atoms with E-state index in [-0.39, 0.29) is 36.2 Å². The van der Waals surface area contributed by atoms with Crippen LogP contribution < -0.4 is 0 Å². The first kappa shape index (κ1) is 31.5. The normalized spacial score (nSPS) is 24.3. The molecule has 0 radical (unpaired) electrons. The summed E-state index contributed by atoms with van der Waals surface area (Å²) in [6, 6.07) is 0. The van der Waals surface area contributed by atoms with E-state index in [1.807, 2.05) is 15.9 Å². The second-order valence-electron chi connectivity index (χ2n) is 12.3. The van der Waals surface area contributed by atoms with Crippen LogP contribution in [0.25, 0.3) is 0 Å². The van der Waals surface area contributed by atoms with Crippen molar-refractivity contribution >= 4 is 11.8 Å². The highest BCUT2D eigenvalue weighted by Gasteiger charge is 2.33. The summed E-state index contributed by atoms with van der Waals surface area (Å²) in [5.41, 5.74) is 0. The van der Waals surface area contributed by atoms with Crippen molar-refractivity contribution in [2.75, 3.05) is 52.6 Å². The highest BCUT2D eigenvalue weighted by Crippen LogP contribution is 2.19. The van der Waals surface area contributed by atoms with Crippen molar-refractivity contribution in [1.29, 1.82) is 0 Å². The van der Waals surface area contributed by atoms with Crippen LogP contribution in [-0.2, 0) is 28.5 Å². The smallest absolute Gasteiger partial charge is 0.246 e. The van der Waals surface area contributed by atoms with Crippen LogP contribution in [0.3, 0.4) is 0 Å². The fraction of sp³-hybridized carbons (Fsp3) is 0.875. The van der Waals surface area contributed by atoms with Gasteiger partial charge < -0.3 is 28.7 Å². The van der Waals surface area contributed by atoms with Gasteiger partial charge in [-0.2, -0.15) is 0 Å². The zero-order valence-electron chi connectivity index (χ0n) is 24.8. The third-order valence-corrected chi connectivity index (χ3v) is 8.24. The van der Waals surface area contributed by atoms with Gasteiger partial charge in [0.2, 0.25) is 11.8 Å². The molecular weight excluding hydrogens is 508 g/mol. The first-order valence-electron chi connectivity index (χ1n) is 16.4. The molecule has 0 bridgehead atoms. The number of carbonyl (C=O) groups excluding carboxylic acids is 2. The second-order valence-corrected chi connectivity index (χ2v) is 12.3. The minimum Gasteiger partial charge on any atom is -0.371 e. The lowest BCUT2D eigenvalue weighted by atomic mass is 10.0. The van der Waals surface area contributed by atoms with E-state index in [1.54, 1.807) is 6.08 Å². The van der Waals surface area contributed by atoms with Crippen LogP contribution in [0.4, 0.5) is 0 Å². The Labute approximate surface area is 242 Å². The SMILES string of the molecule is O=C(C=CCCCCCCCCCCCCCCCCC(=O)N(CC1CO1)CC1CO1)N(CC1CO1)CC1CO1. The van der Waals surface area contributed by atoms with Gasteiger partial charge in [0.05, 0.1) is 50.8 Å². The zero-order chi connectivity index (χ0) is 27.8. The predicted octanol–water partition coefficient (Wildman–Crippen LogP) is 5.04. The van der Waals surface area contributed by atoms with Gasteiger partial charge in [0, 0.05) is 32.6 Å². The summed E-state index contributed by atoms with van der Waals surface area (Å²) < 4.78 is 21.2. The van der Waals surface area contributed by atoms with Crippen LogP contribution in [0.15, 0.2) is 12.2 Å². The minimum atomic E-state index is 0.0971. The molecule has 40 heavy (non-hydrogen) atoms. The number of hydrogen-bond donors (Lipinski definition) is 0. The highest BCUT2D eigenvalue weighted by atomic mass is 16.6. The van der Waals surface area contributed by atoms with E-state index < -0.39 is 0 Å². The van der Waals surface area contributed by atoms with E-state index in [4.69, 9.17) is 18.9 Å². The Morgan fingerprint density at radius 2 is 0.875 bits per heavy atom. The molecule has 4 aliphatic rings. The van der Waals surface area contributed by atoms with Gasteiger partial charge in [-0.3, -0.25) is 9.59 Å². The van der Waals surface area contributed by atoms with Gasteiger partial charge in [-0.1, -0.05) is 83.1 Å². The molecule has 0 aromatic heterocycles. The van der Waals surface area contributed by atoms with Crippen molar-refractivity contribution < 1.29 is 28.5 Å². The van der Waals surface area contributed by atoms with E-state index in [0.717, 1.165) is 58.8 Å². The molecule has 4 saturated heterocycles. The second kappa shape index (κ2) is 18.1. The van der Waals surface area contributed by atoms with E-state index in [1.165, 1.54) is 77.0 Å². The van der Waals surface area contributed by atoms with Gasteiger partial charge >= 0.3 is 0 Å². The van der Waals surface area contributed by atoms with E-state index in [9.17, 15) is 9.59 Å².